The third kappa shape index (κ3) is 2.60. The fraction of sp³-hybridized carbons (Fsp3) is 0.368. The van der Waals surface area contributed by atoms with Crippen LogP contribution in [0.5, 0.6) is 0 Å². The quantitative estimate of drug-likeness (QED) is 0.848. The van der Waals surface area contributed by atoms with Crippen LogP contribution < -0.4 is 5.73 Å². The van der Waals surface area contributed by atoms with Crippen LogP contribution in [0.3, 0.4) is 0 Å². The first-order chi connectivity index (χ1) is 9.75. The third-order valence-corrected chi connectivity index (χ3v) is 4.91. The summed E-state index contributed by atoms with van der Waals surface area (Å²) in [7, 11) is 0. The molecule has 0 amide bonds. The molecule has 0 aromatic heterocycles. The number of benzene rings is 2. The smallest absolute Gasteiger partial charge is 0.126 e. The summed E-state index contributed by atoms with van der Waals surface area (Å²) in [6.07, 6.45) is 0. The Balaban J connectivity index is 2.63. The van der Waals surface area contributed by atoms with Gasteiger partial charge in [0.1, 0.15) is 5.82 Å². The van der Waals surface area contributed by atoms with Gasteiger partial charge < -0.3 is 5.73 Å². The van der Waals surface area contributed by atoms with E-state index in [1.807, 2.05) is 6.07 Å². The topological polar surface area (TPSA) is 26.0 Å². The van der Waals surface area contributed by atoms with Gasteiger partial charge in [-0.2, -0.15) is 0 Å². The summed E-state index contributed by atoms with van der Waals surface area (Å²) in [6.45, 7) is 12.5. The lowest BCUT2D eigenvalue weighted by Crippen LogP contribution is -2.17. The summed E-state index contributed by atoms with van der Waals surface area (Å²) in [4.78, 5) is 0. The second-order valence-corrected chi connectivity index (χ2v) is 6.02. The largest absolute Gasteiger partial charge is 0.320 e. The van der Waals surface area contributed by atoms with Crippen molar-refractivity contribution in [3.63, 3.8) is 0 Å². The number of aryl methyl sites for hydroxylation is 1. The van der Waals surface area contributed by atoms with Gasteiger partial charge in [-0.05, 0) is 92.1 Å². The summed E-state index contributed by atoms with van der Waals surface area (Å²) < 4.78 is 13.5. The van der Waals surface area contributed by atoms with Gasteiger partial charge in [0.25, 0.3) is 0 Å². The summed E-state index contributed by atoms with van der Waals surface area (Å²) in [6, 6.07) is 4.92. The zero-order chi connectivity index (χ0) is 15.9. The lowest BCUT2D eigenvalue weighted by atomic mass is 9.84. The normalized spacial score (nSPS) is 12.6. The molecule has 0 saturated carbocycles. The first-order valence-electron chi connectivity index (χ1n) is 7.34. The molecule has 112 valence electrons. The van der Waals surface area contributed by atoms with Crippen LogP contribution in [0.4, 0.5) is 4.39 Å². The van der Waals surface area contributed by atoms with Gasteiger partial charge in [-0.1, -0.05) is 12.1 Å². The van der Waals surface area contributed by atoms with Crippen molar-refractivity contribution in [3.8, 4) is 0 Å². The van der Waals surface area contributed by atoms with E-state index in [0.29, 0.717) is 5.56 Å². The van der Waals surface area contributed by atoms with E-state index in [1.54, 1.807) is 13.0 Å². The van der Waals surface area contributed by atoms with Crippen LogP contribution >= 0.6 is 0 Å². The predicted octanol–water partition coefficient (Wildman–Crippen LogP) is 4.72. The zero-order valence-corrected chi connectivity index (χ0v) is 13.8. The van der Waals surface area contributed by atoms with Crippen molar-refractivity contribution < 1.29 is 4.39 Å². The van der Waals surface area contributed by atoms with Crippen molar-refractivity contribution in [3.05, 3.63) is 68.5 Å². The van der Waals surface area contributed by atoms with Crippen LogP contribution in [0.25, 0.3) is 0 Å². The lowest BCUT2D eigenvalue weighted by Gasteiger charge is -2.23. The summed E-state index contributed by atoms with van der Waals surface area (Å²) >= 11 is 0. The maximum Gasteiger partial charge on any atom is 0.126 e. The molecule has 0 fully saturated rings. The minimum absolute atomic E-state index is 0.185. The lowest BCUT2D eigenvalue weighted by molar-refractivity contribution is 0.616. The van der Waals surface area contributed by atoms with Gasteiger partial charge in [0, 0.05) is 0 Å². The highest BCUT2D eigenvalue weighted by Crippen LogP contribution is 2.32. The molecule has 2 aromatic carbocycles. The number of rotatable bonds is 2. The molecule has 0 heterocycles. The molecule has 2 aromatic rings. The monoisotopic (exact) mass is 285 g/mol. The van der Waals surface area contributed by atoms with Crippen molar-refractivity contribution in [2.24, 2.45) is 5.73 Å². The number of nitrogens with two attached hydrogens (primary N) is 1. The van der Waals surface area contributed by atoms with E-state index in [4.69, 9.17) is 5.73 Å². The maximum absolute atomic E-state index is 13.5. The highest BCUT2D eigenvalue weighted by atomic mass is 19.1. The average Bonchev–Trinajstić information content (AvgIpc) is 2.46. The molecule has 0 spiro atoms. The van der Waals surface area contributed by atoms with Gasteiger partial charge >= 0.3 is 0 Å². The molecule has 1 unspecified atom stereocenters. The van der Waals surface area contributed by atoms with Gasteiger partial charge in [0.15, 0.2) is 0 Å². The van der Waals surface area contributed by atoms with E-state index in [1.165, 1.54) is 39.4 Å². The number of halogens is 1. The maximum atomic E-state index is 13.5. The molecule has 2 heteroatoms. The van der Waals surface area contributed by atoms with Gasteiger partial charge in [-0.25, -0.2) is 4.39 Å². The second kappa shape index (κ2) is 5.61. The molecule has 1 atom stereocenters. The summed E-state index contributed by atoms with van der Waals surface area (Å²) in [5.74, 6) is -0.185. The molecule has 0 saturated heterocycles. The Morgan fingerprint density at radius 1 is 0.810 bits per heavy atom. The first kappa shape index (κ1) is 15.7. The van der Waals surface area contributed by atoms with Gasteiger partial charge in [-0.3, -0.25) is 0 Å². The molecule has 0 radical (unpaired) electrons. The molecular formula is C19H24FN. The van der Waals surface area contributed by atoms with E-state index in [2.05, 4.69) is 34.6 Å². The summed E-state index contributed by atoms with van der Waals surface area (Å²) in [5.41, 5.74) is 15.7. The Hall–Kier alpha value is -1.67. The third-order valence-electron chi connectivity index (χ3n) is 4.91. The van der Waals surface area contributed by atoms with Gasteiger partial charge in [0.05, 0.1) is 6.04 Å². The van der Waals surface area contributed by atoms with E-state index in [-0.39, 0.29) is 11.9 Å². The van der Waals surface area contributed by atoms with Crippen molar-refractivity contribution in [2.45, 2.75) is 47.6 Å². The number of hydrogen-bond donors (Lipinski definition) is 1. The molecule has 2 rings (SSSR count). The Morgan fingerprint density at radius 3 is 1.76 bits per heavy atom. The molecule has 2 N–H and O–H groups in total. The van der Waals surface area contributed by atoms with E-state index in [0.717, 1.165) is 5.56 Å². The fourth-order valence-corrected chi connectivity index (χ4v) is 3.02. The molecule has 0 aliphatic heterocycles. The summed E-state index contributed by atoms with van der Waals surface area (Å²) in [5, 5.41) is 0. The van der Waals surface area contributed by atoms with Crippen LogP contribution in [-0.4, -0.2) is 0 Å². The Labute approximate surface area is 127 Å². The van der Waals surface area contributed by atoms with E-state index >= 15 is 0 Å². The minimum Gasteiger partial charge on any atom is -0.320 e. The minimum atomic E-state index is -0.220. The molecule has 1 nitrogen and oxygen atoms in total. The molecular weight excluding hydrogens is 261 g/mol. The molecule has 0 aliphatic carbocycles. The second-order valence-electron chi connectivity index (χ2n) is 6.02. The Kier molecular flexibility index (Phi) is 4.20. The Bertz CT molecular complexity index is 672. The van der Waals surface area contributed by atoms with Gasteiger partial charge in [0.2, 0.25) is 0 Å². The van der Waals surface area contributed by atoms with Crippen molar-refractivity contribution in [1.29, 1.82) is 0 Å². The molecule has 0 aliphatic rings. The highest BCUT2D eigenvalue weighted by Gasteiger charge is 2.19. The number of hydrogen-bond acceptors (Lipinski definition) is 1. The van der Waals surface area contributed by atoms with Crippen molar-refractivity contribution in [1.82, 2.24) is 0 Å². The predicted molar refractivity (Wildman–Crippen MR) is 87.3 cm³/mol. The average molecular weight is 285 g/mol. The van der Waals surface area contributed by atoms with Gasteiger partial charge in [-0.15, -0.1) is 0 Å². The van der Waals surface area contributed by atoms with Crippen LogP contribution in [0.1, 0.15) is 50.5 Å². The molecule has 0 bridgehead atoms. The first-order valence-corrected chi connectivity index (χ1v) is 7.34. The highest BCUT2D eigenvalue weighted by molar-refractivity contribution is 5.53. The van der Waals surface area contributed by atoms with Crippen molar-refractivity contribution in [2.75, 3.05) is 0 Å². The standard InChI is InChI=1S/C19H24FN/c1-10-9-16(7-8-17(10)20)19(21)18-14(5)12(3)11(2)13(4)15(18)6/h7-9,19H,21H2,1-6H3. The van der Waals surface area contributed by atoms with E-state index in [9.17, 15) is 4.39 Å². The SMILES string of the molecule is Cc1cc(C(N)c2c(C)c(C)c(C)c(C)c2C)ccc1F. The molecule has 21 heavy (non-hydrogen) atoms. The van der Waals surface area contributed by atoms with Crippen molar-refractivity contribution >= 4 is 0 Å². The zero-order valence-electron chi connectivity index (χ0n) is 13.8. The van der Waals surface area contributed by atoms with Crippen LogP contribution in [-0.2, 0) is 0 Å². The van der Waals surface area contributed by atoms with E-state index < -0.39 is 0 Å². The van der Waals surface area contributed by atoms with Crippen LogP contribution in [0.2, 0.25) is 0 Å². The van der Waals surface area contributed by atoms with Crippen LogP contribution in [0.15, 0.2) is 18.2 Å². The van der Waals surface area contributed by atoms with Crippen LogP contribution in [0, 0.1) is 47.4 Å². The Morgan fingerprint density at radius 2 is 1.29 bits per heavy atom. The fourth-order valence-electron chi connectivity index (χ4n) is 3.02.